The molecule has 0 aromatic heterocycles. The SMILES string of the molecule is C=C1C(Br)=C[C-]=C(c2ccc(OCC(F)(F)F)cc2)N1C.[Y]. The van der Waals surface area contributed by atoms with E-state index in [1.807, 2.05) is 11.9 Å². The Morgan fingerprint density at radius 3 is 2.41 bits per heavy atom. The van der Waals surface area contributed by atoms with Gasteiger partial charge in [0.25, 0.3) is 0 Å². The minimum atomic E-state index is -4.34. The monoisotopic (exact) mass is 447 g/mol. The zero-order valence-electron chi connectivity index (χ0n) is 11.7. The van der Waals surface area contributed by atoms with Gasteiger partial charge in [-0.3, -0.25) is 0 Å². The number of halogens is 4. The zero-order valence-corrected chi connectivity index (χ0v) is 16.2. The second-order valence-electron chi connectivity index (χ2n) is 4.42. The van der Waals surface area contributed by atoms with Crippen LogP contribution in [0.2, 0.25) is 0 Å². The Morgan fingerprint density at radius 1 is 1.27 bits per heavy atom. The molecule has 0 saturated heterocycles. The Hall–Kier alpha value is -0.586. The summed E-state index contributed by atoms with van der Waals surface area (Å²) in [6.07, 6.45) is 0.509. The summed E-state index contributed by atoms with van der Waals surface area (Å²) in [7, 11) is 1.84. The molecule has 2 nitrogen and oxygen atoms in total. The fourth-order valence-electron chi connectivity index (χ4n) is 1.76. The second-order valence-corrected chi connectivity index (χ2v) is 5.27. The van der Waals surface area contributed by atoms with E-state index < -0.39 is 12.8 Å². The minimum absolute atomic E-state index is 0. The first-order valence-corrected chi connectivity index (χ1v) is 6.79. The van der Waals surface area contributed by atoms with Crippen LogP contribution < -0.4 is 4.74 Å². The first kappa shape index (κ1) is 19.5. The van der Waals surface area contributed by atoms with Crippen molar-refractivity contribution in [3.63, 3.8) is 0 Å². The fraction of sp³-hybridized carbons (Fsp3) is 0.200. The smallest absolute Gasteiger partial charge is 0.422 e. The number of rotatable bonds is 3. The quantitative estimate of drug-likeness (QED) is 0.632. The van der Waals surface area contributed by atoms with Crippen molar-refractivity contribution >= 4 is 21.6 Å². The molecule has 1 heterocycles. The summed E-state index contributed by atoms with van der Waals surface area (Å²) >= 11 is 3.36. The number of hydrogen-bond donors (Lipinski definition) is 0. The van der Waals surface area contributed by atoms with Gasteiger partial charge in [-0.15, -0.1) is 28.1 Å². The normalized spacial score (nSPS) is 15.0. The van der Waals surface area contributed by atoms with Crippen LogP contribution in [-0.2, 0) is 32.7 Å². The molecule has 7 heteroatoms. The third-order valence-electron chi connectivity index (χ3n) is 2.88. The molecular formula is C15H12BrF3NOY-. The van der Waals surface area contributed by atoms with E-state index in [2.05, 4.69) is 33.3 Å². The predicted molar refractivity (Wildman–Crippen MR) is 78.6 cm³/mol. The molecule has 1 aliphatic heterocycles. The average molecular weight is 448 g/mol. The Balaban J connectivity index is 0.00000242. The van der Waals surface area contributed by atoms with Crippen molar-refractivity contribution < 1.29 is 50.6 Å². The van der Waals surface area contributed by atoms with E-state index in [4.69, 9.17) is 0 Å². The van der Waals surface area contributed by atoms with E-state index >= 15 is 0 Å². The molecule has 2 rings (SSSR count). The van der Waals surface area contributed by atoms with Gasteiger partial charge in [-0.25, -0.2) is 0 Å². The molecule has 0 bridgehead atoms. The van der Waals surface area contributed by atoms with Crippen molar-refractivity contribution in [3.05, 3.63) is 58.7 Å². The van der Waals surface area contributed by atoms with E-state index in [1.165, 1.54) is 12.1 Å². The summed E-state index contributed by atoms with van der Waals surface area (Å²) in [4.78, 5) is 1.84. The number of ether oxygens (including phenoxy) is 1. The zero-order chi connectivity index (χ0) is 15.6. The Labute approximate surface area is 160 Å². The number of likely N-dealkylation sites (N-methyl/N-ethyl adjacent to an activating group) is 1. The number of benzene rings is 1. The van der Waals surface area contributed by atoms with Gasteiger partial charge >= 0.3 is 6.18 Å². The molecule has 0 spiro atoms. The second kappa shape index (κ2) is 7.80. The minimum Gasteiger partial charge on any atom is -0.484 e. The molecule has 0 aliphatic carbocycles. The molecule has 0 N–H and O–H groups in total. The van der Waals surface area contributed by atoms with E-state index in [1.54, 1.807) is 18.2 Å². The molecule has 1 aliphatic rings. The van der Waals surface area contributed by atoms with Crippen LogP contribution >= 0.6 is 15.9 Å². The van der Waals surface area contributed by atoms with Crippen molar-refractivity contribution in [1.82, 2.24) is 4.90 Å². The summed E-state index contributed by atoms with van der Waals surface area (Å²) in [6.45, 7) is 2.63. The maximum atomic E-state index is 12.1. The standard InChI is InChI=1S/C15H12BrF3NO.Y/c1-10-13(16)7-8-14(20(10)2)11-3-5-12(6-4-11)21-9-15(17,18)19;/h3-7H,1,9H2,2H3;/q-1;. The van der Waals surface area contributed by atoms with Gasteiger partial charge in [0.15, 0.2) is 6.61 Å². The maximum Gasteiger partial charge on any atom is 0.422 e. The van der Waals surface area contributed by atoms with Crippen LogP contribution in [0.5, 0.6) is 5.75 Å². The van der Waals surface area contributed by atoms with Crippen molar-refractivity contribution in [2.75, 3.05) is 13.7 Å². The summed E-state index contributed by atoms with van der Waals surface area (Å²) < 4.78 is 41.7. The van der Waals surface area contributed by atoms with Gasteiger partial charge in [0.2, 0.25) is 0 Å². The van der Waals surface area contributed by atoms with Crippen molar-refractivity contribution in [3.8, 4) is 5.75 Å². The Morgan fingerprint density at radius 2 is 1.86 bits per heavy atom. The van der Waals surface area contributed by atoms with Crippen LogP contribution in [0.4, 0.5) is 13.2 Å². The van der Waals surface area contributed by atoms with Gasteiger partial charge < -0.3 is 9.64 Å². The molecule has 115 valence electrons. The largest absolute Gasteiger partial charge is 0.484 e. The molecule has 0 amide bonds. The van der Waals surface area contributed by atoms with Crippen LogP contribution in [0.1, 0.15) is 5.56 Å². The van der Waals surface area contributed by atoms with Gasteiger partial charge in [-0.2, -0.15) is 25.3 Å². The Kier molecular flexibility index (Phi) is 6.90. The molecular weight excluding hydrogens is 436 g/mol. The average Bonchev–Trinajstić information content (AvgIpc) is 2.43. The van der Waals surface area contributed by atoms with Crippen LogP contribution in [-0.4, -0.2) is 24.7 Å². The van der Waals surface area contributed by atoms with Gasteiger partial charge in [0.1, 0.15) is 5.75 Å². The van der Waals surface area contributed by atoms with Crippen molar-refractivity contribution in [2.45, 2.75) is 6.18 Å². The van der Waals surface area contributed by atoms with Crippen LogP contribution in [0, 0.1) is 6.08 Å². The maximum absolute atomic E-state index is 12.1. The number of nitrogens with zero attached hydrogens (tertiary/aromatic N) is 1. The van der Waals surface area contributed by atoms with Crippen LogP contribution in [0.15, 0.2) is 47.1 Å². The van der Waals surface area contributed by atoms with Gasteiger partial charge in [-0.1, -0.05) is 22.3 Å². The van der Waals surface area contributed by atoms with E-state index in [9.17, 15) is 13.2 Å². The number of hydrogen-bond acceptors (Lipinski definition) is 2. The first-order valence-electron chi connectivity index (χ1n) is 6.00. The first-order chi connectivity index (χ1) is 9.78. The molecule has 22 heavy (non-hydrogen) atoms. The predicted octanol–water partition coefficient (Wildman–Crippen LogP) is 4.51. The number of allylic oxidation sites excluding steroid dienone is 3. The molecule has 1 radical (unpaired) electrons. The third kappa shape index (κ3) is 4.96. The third-order valence-corrected chi connectivity index (χ3v) is 3.57. The summed E-state index contributed by atoms with van der Waals surface area (Å²) in [6, 6.07) is 6.37. The van der Waals surface area contributed by atoms with Crippen LogP contribution in [0.25, 0.3) is 5.70 Å². The summed E-state index contributed by atoms with van der Waals surface area (Å²) in [5, 5.41) is 0. The van der Waals surface area contributed by atoms with Crippen LogP contribution in [0.3, 0.4) is 0 Å². The molecule has 0 unspecified atom stereocenters. The van der Waals surface area contributed by atoms with E-state index in [-0.39, 0.29) is 38.5 Å². The molecule has 1 aromatic carbocycles. The van der Waals surface area contributed by atoms with Gasteiger partial charge in [0, 0.05) is 39.8 Å². The fourth-order valence-corrected chi connectivity index (χ4v) is 2.14. The summed E-state index contributed by atoms with van der Waals surface area (Å²) in [5.41, 5.74) is 2.38. The van der Waals surface area contributed by atoms with E-state index in [0.717, 1.165) is 21.4 Å². The van der Waals surface area contributed by atoms with Crippen molar-refractivity contribution in [1.29, 1.82) is 0 Å². The Bertz CT molecular complexity index is 608. The molecule has 0 saturated carbocycles. The van der Waals surface area contributed by atoms with Gasteiger partial charge in [0.05, 0.1) is 0 Å². The molecule has 0 atom stereocenters. The topological polar surface area (TPSA) is 12.5 Å². The van der Waals surface area contributed by atoms with Gasteiger partial charge in [-0.05, 0) is 17.8 Å². The summed E-state index contributed by atoms with van der Waals surface area (Å²) in [5.74, 6) is 0.172. The number of alkyl halides is 3. The van der Waals surface area contributed by atoms with E-state index in [0.29, 0.717) is 0 Å². The molecule has 1 aromatic rings. The van der Waals surface area contributed by atoms with Crippen molar-refractivity contribution in [2.24, 2.45) is 0 Å². The molecule has 0 fully saturated rings.